The van der Waals surface area contributed by atoms with Crippen molar-refractivity contribution >= 4 is 11.6 Å². The summed E-state index contributed by atoms with van der Waals surface area (Å²) in [6, 6.07) is 5.54. The number of benzene rings is 1. The second-order valence-corrected chi connectivity index (χ2v) is 6.73. The van der Waals surface area contributed by atoms with Gasteiger partial charge in [-0.15, -0.1) is 0 Å². The van der Waals surface area contributed by atoms with Crippen molar-refractivity contribution in [2.75, 3.05) is 32.7 Å². The van der Waals surface area contributed by atoms with Gasteiger partial charge in [-0.2, -0.15) is 0 Å². The molecule has 0 spiro atoms. The van der Waals surface area contributed by atoms with E-state index in [2.05, 4.69) is 17.1 Å². The van der Waals surface area contributed by atoms with Crippen LogP contribution in [0.5, 0.6) is 5.75 Å². The van der Waals surface area contributed by atoms with Gasteiger partial charge in [-0.25, -0.2) is 0 Å². The van der Waals surface area contributed by atoms with E-state index in [4.69, 9.17) is 16.3 Å². The molecule has 22 heavy (non-hydrogen) atoms. The standard InChI is InChI=1S/C17H27ClN2O2/c1-12(2)22-14-4-5-15(16(18)10-14)17(21)13(3)11-20-8-6-19-7-9-20/h4-5,10,12-13,17,19,21H,6-9,11H2,1-3H3. The summed E-state index contributed by atoms with van der Waals surface area (Å²) in [5.41, 5.74) is 0.778. The largest absolute Gasteiger partial charge is 0.491 e. The molecule has 2 unspecified atom stereocenters. The summed E-state index contributed by atoms with van der Waals surface area (Å²) in [5, 5.41) is 14.5. The third-order valence-electron chi connectivity index (χ3n) is 3.96. The highest BCUT2D eigenvalue weighted by Gasteiger charge is 2.22. The molecule has 124 valence electrons. The van der Waals surface area contributed by atoms with E-state index in [0.717, 1.165) is 44.0 Å². The minimum Gasteiger partial charge on any atom is -0.491 e. The number of ether oxygens (including phenoxy) is 1. The number of aliphatic hydroxyl groups is 1. The summed E-state index contributed by atoms with van der Waals surface area (Å²) in [6.07, 6.45) is -0.450. The number of piperazine rings is 1. The first-order chi connectivity index (χ1) is 10.5. The molecule has 2 atom stereocenters. The molecule has 4 nitrogen and oxygen atoms in total. The van der Waals surface area contributed by atoms with Gasteiger partial charge < -0.3 is 20.1 Å². The molecule has 0 bridgehead atoms. The van der Waals surface area contributed by atoms with Crippen LogP contribution in [-0.2, 0) is 0 Å². The Morgan fingerprint density at radius 2 is 1.95 bits per heavy atom. The van der Waals surface area contributed by atoms with Gasteiger partial charge in [0.15, 0.2) is 0 Å². The molecule has 1 aromatic rings. The van der Waals surface area contributed by atoms with Crippen molar-refractivity contribution in [1.29, 1.82) is 0 Å². The Bertz CT molecular complexity index is 476. The zero-order valence-corrected chi connectivity index (χ0v) is 14.4. The van der Waals surface area contributed by atoms with Crippen LogP contribution >= 0.6 is 11.6 Å². The molecule has 0 radical (unpaired) electrons. The van der Waals surface area contributed by atoms with Gasteiger partial charge in [0, 0.05) is 32.7 Å². The Labute approximate surface area is 138 Å². The van der Waals surface area contributed by atoms with Crippen LogP contribution in [0, 0.1) is 5.92 Å². The van der Waals surface area contributed by atoms with Gasteiger partial charge in [0.05, 0.1) is 17.2 Å². The van der Waals surface area contributed by atoms with Crippen LogP contribution in [0.15, 0.2) is 18.2 Å². The van der Waals surface area contributed by atoms with E-state index in [0.29, 0.717) is 5.02 Å². The molecule has 1 heterocycles. The molecule has 5 heteroatoms. The average Bonchev–Trinajstić information content (AvgIpc) is 2.47. The zero-order valence-electron chi connectivity index (χ0n) is 13.7. The molecular formula is C17H27ClN2O2. The quantitative estimate of drug-likeness (QED) is 0.843. The van der Waals surface area contributed by atoms with Crippen LogP contribution in [0.3, 0.4) is 0 Å². The van der Waals surface area contributed by atoms with Crippen molar-refractivity contribution in [2.24, 2.45) is 5.92 Å². The van der Waals surface area contributed by atoms with Gasteiger partial charge in [-0.1, -0.05) is 24.6 Å². The maximum atomic E-state index is 10.6. The topological polar surface area (TPSA) is 44.7 Å². The first kappa shape index (κ1) is 17.5. The van der Waals surface area contributed by atoms with Crippen molar-refractivity contribution in [3.63, 3.8) is 0 Å². The number of hydrogen-bond donors (Lipinski definition) is 2. The fraction of sp³-hybridized carbons (Fsp3) is 0.647. The minimum atomic E-state index is -0.560. The van der Waals surface area contributed by atoms with Gasteiger partial charge in [0.25, 0.3) is 0 Å². The van der Waals surface area contributed by atoms with Crippen LogP contribution in [0.2, 0.25) is 5.02 Å². The predicted molar refractivity (Wildman–Crippen MR) is 90.6 cm³/mol. The van der Waals surface area contributed by atoms with Gasteiger partial charge >= 0.3 is 0 Å². The number of nitrogens with zero attached hydrogens (tertiary/aromatic N) is 1. The highest BCUT2D eigenvalue weighted by atomic mass is 35.5. The monoisotopic (exact) mass is 326 g/mol. The van der Waals surface area contributed by atoms with E-state index in [9.17, 15) is 5.11 Å². The van der Waals surface area contributed by atoms with Crippen LogP contribution in [-0.4, -0.2) is 48.8 Å². The normalized spacial score (nSPS) is 19.2. The molecule has 1 saturated heterocycles. The number of hydrogen-bond acceptors (Lipinski definition) is 4. The summed E-state index contributed by atoms with van der Waals surface area (Å²) in [4.78, 5) is 2.38. The fourth-order valence-electron chi connectivity index (χ4n) is 2.80. The van der Waals surface area contributed by atoms with E-state index >= 15 is 0 Å². The number of rotatable bonds is 6. The third-order valence-corrected chi connectivity index (χ3v) is 4.28. The van der Waals surface area contributed by atoms with E-state index in [1.54, 1.807) is 6.07 Å². The maximum Gasteiger partial charge on any atom is 0.121 e. The second kappa shape index (κ2) is 8.16. The highest BCUT2D eigenvalue weighted by molar-refractivity contribution is 6.31. The van der Waals surface area contributed by atoms with E-state index < -0.39 is 6.10 Å². The van der Waals surface area contributed by atoms with Crippen molar-refractivity contribution in [1.82, 2.24) is 10.2 Å². The fourth-order valence-corrected chi connectivity index (χ4v) is 3.08. The number of halogens is 1. The maximum absolute atomic E-state index is 10.6. The molecule has 0 amide bonds. The van der Waals surface area contributed by atoms with E-state index in [1.165, 1.54) is 0 Å². The van der Waals surface area contributed by atoms with E-state index in [1.807, 2.05) is 26.0 Å². The summed E-state index contributed by atoms with van der Waals surface area (Å²) in [6.45, 7) is 11.0. The number of nitrogens with one attached hydrogen (secondary N) is 1. The Balaban J connectivity index is 1.99. The van der Waals surface area contributed by atoms with Crippen LogP contribution in [0.1, 0.15) is 32.4 Å². The molecule has 1 aliphatic heterocycles. The predicted octanol–water partition coefficient (Wildman–Crippen LogP) is 2.70. The van der Waals surface area contributed by atoms with Gasteiger partial charge in [0.2, 0.25) is 0 Å². The van der Waals surface area contributed by atoms with Crippen LogP contribution in [0.4, 0.5) is 0 Å². The molecule has 2 rings (SSSR count). The first-order valence-electron chi connectivity index (χ1n) is 8.04. The van der Waals surface area contributed by atoms with Crippen molar-refractivity contribution in [2.45, 2.75) is 33.0 Å². The van der Waals surface area contributed by atoms with Crippen LogP contribution in [0.25, 0.3) is 0 Å². The molecule has 0 aromatic heterocycles. The molecule has 0 saturated carbocycles. The Morgan fingerprint density at radius 3 is 2.55 bits per heavy atom. The second-order valence-electron chi connectivity index (χ2n) is 6.32. The lowest BCUT2D eigenvalue weighted by Gasteiger charge is -2.31. The molecule has 0 aliphatic carbocycles. The molecule has 1 aliphatic rings. The van der Waals surface area contributed by atoms with Crippen molar-refractivity contribution in [3.05, 3.63) is 28.8 Å². The lowest BCUT2D eigenvalue weighted by atomic mass is 9.96. The lowest BCUT2D eigenvalue weighted by Crippen LogP contribution is -2.45. The lowest BCUT2D eigenvalue weighted by molar-refractivity contribution is 0.0842. The molecular weight excluding hydrogens is 300 g/mol. The minimum absolute atomic E-state index is 0.110. The van der Waals surface area contributed by atoms with Crippen molar-refractivity contribution in [3.8, 4) is 5.75 Å². The summed E-state index contributed by atoms with van der Waals surface area (Å²) in [7, 11) is 0. The Hall–Kier alpha value is -0.810. The highest BCUT2D eigenvalue weighted by Crippen LogP contribution is 2.32. The summed E-state index contributed by atoms with van der Waals surface area (Å²) >= 11 is 6.33. The Morgan fingerprint density at radius 1 is 1.27 bits per heavy atom. The average molecular weight is 327 g/mol. The smallest absolute Gasteiger partial charge is 0.121 e. The Kier molecular flexibility index (Phi) is 6.50. The summed E-state index contributed by atoms with van der Waals surface area (Å²) in [5.74, 6) is 0.873. The zero-order chi connectivity index (χ0) is 16.1. The van der Waals surface area contributed by atoms with E-state index in [-0.39, 0.29) is 12.0 Å². The van der Waals surface area contributed by atoms with Gasteiger partial charge in [-0.3, -0.25) is 0 Å². The third kappa shape index (κ3) is 4.85. The summed E-state index contributed by atoms with van der Waals surface area (Å²) < 4.78 is 5.63. The SMILES string of the molecule is CC(C)Oc1ccc(C(O)C(C)CN2CCNCC2)c(Cl)c1. The van der Waals surface area contributed by atoms with Gasteiger partial charge in [-0.05, 0) is 37.5 Å². The van der Waals surface area contributed by atoms with Crippen molar-refractivity contribution < 1.29 is 9.84 Å². The van der Waals surface area contributed by atoms with Crippen LogP contribution < -0.4 is 10.1 Å². The molecule has 1 aromatic carbocycles. The molecule has 2 N–H and O–H groups in total. The van der Waals surface area contributed by atoms with Gasteiger partial charge in [0.1, 0.15) is 5.75 Å². The first-order valence-corrected chi connectivity index (χ1v) is 8.42. The number of aliphatic hydroxyl groups excluding tert-OH is 1. The molecule has 1 fully saturated rings.